The van der Waals surface area contributed by atoms with Crippen LogP contribution in [-0.4, -0.2) is 69.9 Å². The lowest BCUT2D eigenvalue weighted by Gasteiger charge is -2.26. The highest BCUT2D eigenvalue weighted by molar-refractivity contribution is 7.16. The fourth-order valence-corrected chi connectivity index (χ4v) is 4.05. The number of nitrogens with zero attached hydrogens (tertiary/aromatic N) is 4. The van der Waals surface area contributed by atoms with Crippen LogP contribution >= 0.6 is 11.3 Å². The first kappa shape index (κ1) is 15.7. The van der Waals surface area contributed by atoms with Crippen molar-refractivity contribution < 1.29 is 15.0 Å². The molecule has 2 aromatic heterocycles. The molecule has 7 nitrogen and oxygen atoms in total. The number of carbonyl (C=O) groups is 1. The SMILES string of the molecule is O=C(N1CCN(c2ncnc3sccc23)C[C@@H](O)C1)C1(CO)CC1. The van der Waals surface area contributed by atoms with Crippen molar-refractivity contribution in [2.45, 2.75) is 18.9 Å². The van der Waals surface area contributed by atoms with E-state index in [-0.39, 0.29) is 12.5 Å². The lowest BCUT2D eigenvalue weighted by Crippen LogP contribution is -2.43. The fraction of sp³-hybridized carbons (Fsp3) is 0.562. The van der Waals surface area contributed by atoms with Crippen molar-refractivity contribution in [3.63, 3.8) is 0 Å². The second-order valence-corrected chi connectivity index (χ2v) is 7.52. The van der Waals surface area contributed by atoms with Gasteiger partial charge in [0.2, 0.25) is 5.91 Å². The first-order chi connectivity index (χ1) is 11.6. The summed E-state index contributed by atoms with van der Waals surface area (Å²) in [5.41, 5.74) is -0.593. The summed E-state index contributed by atoms with van der Waals surface area (Å²) in [7, 11) is 0. The highest BCUT2D eigenvalue weighted by Crippen LogP contribution is 2.46. The number of hydrogen-bond donors (Lipinski definition) is 2. The van der Waals surface area contributed by atoms with Gasteiger partial charge in [0.25, 0.3) is 0 Å². The van der Waals surface area contributed by atoms with Crippen LogP contribution < -0.4 is 4.90 Å². The Hall–Kier alpha value is -1.77. The molecular formula is C16H20N4O3S. The predicted molar refractivity (Wildman–Crippen MR) is 91.0 cm³/mol. The molecular weight excluding hydrogens is 328 g/mol. The van der Waals surface area contributed by atoms with Crippen LogP contribution in [0.15, 0.2) is 17.8 Å². The summed E-state index contributed by atoms with van der Waals surface area (Å²) < 4.78 is 0. The van der Waals surface area contributed by atoms with Gasteiger partial charge in [-0.3, -0.25) is 4.79 Å². The molecule has 2 fully saturated rings. The highest BCUT2D eigenvalue weighted by Gasteiger charge is 2.51. The van der Waals surface area contributed by atoms with Gasteiger partial charge < -0.3 is 20.0 Å². The van der Waals surface area contributed by atoms with E-state index in [1.807, 2.05) is 16.3 Å². The van der Waals surface area contributed by atoms with E-state index in [1.165, 1.54) is 0 Å². The minimum Gasteiger partial charge on any atom is -0.395 e. The smallest absolute Gasteiger partial charge is 0.231 e. The number of thiophene rings is 1. The van der Waals surface area contributed by atoms with Crippen LogP contribution in [0.25, 0.3) is 10.2 Å². The molecule has 0 unspecified atom stereocenters. The molecule has 8 heteroatoms. The van der Waals surface area contributed by atoms with Gasteiger partial charge in [-0.1, -0.05) is 0 Å². The highest BCUT2D eigenvalue weighted by atomic mass is 32.1. The van der Waals surface area contributed by atoms with Crippen LogP contribution in [0.5, 0.6) is 0 Å². The number of aliphatic hydroxyl groups is 2. The number of hydrogen-bond acceptors (Lipinski definition) is 7. The van der Waals surface area contributed by atoms with E-state index in [0.29, 0.717) is 26.2 Å². The third-order valence-electron chi connectivity index (χ3n) is 4.94. The molecule has 128 valence electrons. The normalized spacial score (nSPS) is 23.3. The molecule has 0 spiro atoms. The maximum Gasteiger partial charge on any atom is 0.231 e. The second kappa shape index (κ2) is 5.94. The Kier molecular flexibility index (Phi) is 3.90. The first-order valence-electron chi connectivity index (χ1n) is 8.14. The second-order valence-electron chi connectivity index (χ2n) is 6.63. The van der Waals surface area contributed by atoms with E-state index >= 15 is 0 Å². The van der Waals surface area contributed by atoms with E-state index in [9.17, 15) is 15.0 Å². The molecule has 4 rings (SSSR count). The Morgan fingerprint density at radius 2 is 2.17 bits per heavy atom. The molecule has 2 aromatic rings. The van der Waals surface area contributed by atoms with Crippen molar-refractivity contribution in [1.82, 2.24) is 14.9 Å². The van der Waals surface area contributed by atoms with Gasteiger partial charge in [0.15, 0.2) is 0 Å². The lowest BCUT2D eigenvalue weighted by atomic mass is 10.1. The first-order valence-corrected chi connectivity index (χ1v) is 9.02. The number of rotatable bonds is 3. The van der Waals surface area contributed by atoms with Crippen LogP contribution in [-0.2, 0) is 4.79 Å². The van der Waals surface area contributed by atoms with Crippen molar-refractivity contribution in [2.24, 2.45) is 5.41 Å². The van der Waals surface area contributed by atoms with Crippen LogP contribution in [0, 0.1) is 5.41 Å². The molecule has 0 bridgehead atoms. The molecule has 1 aliphatic heterocycles. The number of carbonyl (C=O) groups excluding carboxylic acids is 1. The number of amides is 1. The number of anilines is 1. The van der Waals surface area contributed by atoms with E-state index < -0.39 is 11.5 Å². The predicted octanol–water partition coefficient (Wildman–Crippen LogP) is 0.473. The Bertz CT molecular complexity index is 761. The van der Waals surface area contributed by atoms with E-state index in [2.05, 4.69) is 9.97 Å². The molecule has 0 radical (unpaired) electrons. The summed E-state index contributed by atoms with van der Waals surface area (Å²) in [6.07, 6.45) is 2.37. The van der Waals surface area contributed by atoms with Crippen LogP contribution in [0.2, 0.25) is 0 Å². The van der Waals surface area contributed by atoms with Crippen molar-refractivity contribution in [3.8, 4) is 0 Å². The molecule has 2 aliphatic rings. The molecule has 1 atom stereocenters. The topological polar surface area (TPSA) is 89.8 Å². The molecule has 1 amide bonds. The van der Waals surface area contributed by atoms with Crippen molar-refractivity contribution in [3.05, 3.63) is 17.8 Å². The zero-order valence-corrected chi connectivity index (χ0v) is 14.1. The summed E-state index contributed by atoms with van der Waals surface area (Å²) in [6.45, 7) is 1.75. The third-order valence-corrected chi connectivity index (χ3v) is 5.76. The van der Waals surface area contributed by atoms with E-state index in [0.717, 1.165) is 28.9 Å². The zero-order chi connectivity index (χ0) is 16.7. The number of fused-ring (bicyclic) bond motifs is 1. The number of β-amino-alcohol motifs (C(OH)–C–C–N with tert-alkyl or cyclic N) is 1. The summed E-state index contributed by atoms with van der Waals surface area (Å²) in [6, 6.07) is 1.99. The van der Waals surface area contributed by atoms with Gasteiger partial charge in [-0.05, 0) is 24.3 Å². The van der Waals surface area contributed by atoms with E-state index in [4.69, 9.17) is 0 Å². The third kappa shape index (κ3) is 2.64. The summed E-state index contributed by atoms with van der Waals surface area (Å²) in [5, 5.41) is 22.8. The molecule has 24 heavy (non-hydrogen) atoms. The van der Waals surface area contributed by atoms with Gasteiger partial charge in [0.05, 0.1) is 23.5 Å². The van der Waals surface area contributed by atoms with Gasteiger partial charge in [-0.2, -0.15) is 0 Å². The molecule has 1 saturated heterocycles. The Balaban J connectivity index is 1.56. The van der Waals surface area contributed by atoms with Crippen molar-refractivity contribution in [2.75, 3.05) is 37.7 Å². The largest absolute Gasteiger partial charge is 0.395 e. The quantitative estimate of drug-likeness (QED) is 0.838. The molecule has 3 heterocycles. The van der Waals surface area contributed by atoms with Crippen LogP contribution in [0.1, 0.15) is 12.8 Å². The summed E-state index contributed by atoms with van der Waals surface area (Å²) in [4.78, 5) is 25.9. The average molecular weight is 348 g/mol. The monoisotopic (exact) mass is 348 g/mol. The maximum absolute atomic E-state index is 12.6. The molecule has 1 saturated carbocycles. The Morgan fingerprint density at radius 3 is 2.92 bits per heavy atom. The minimum absolute atomic E-state index is 0.0331. The van der Waals surface area contributed by atoms with E-state index in [1.54, 1.807) is 22.6 Å². The minimum atomic E-state index is -0.644. The number of aliphatic hydroxyl groups excluding tert-OH is 2. The molecule has 0 aromatic carbocycles. The van der Waals surface area contributed by atoms with Crippen LogP contribution in [0.3, 0.4) is 0 Å². The fourth-order valence-electron chi connectivity index (χ4n) is 3.32. The van der Waals surface area contributed by atoms with Crippen molar-refractivity contribution in [1.29, 1.82) is 0 Å². The van der Waals surface area contributed by atoms with Gasteiger partial charge in [-0.25, -0.2) is 9.97 Å². The molecule has 1 aliphatic carbocycles. The van der Waals surface area contributed by atoms with Gasteiger partial charge in [-0.15, -0.1) is 11.3 Å². The maximum atomic E-state index is 12.6. The molecule has 2 N–H and O–H groups in total. The zero-order valence-electron chi connectivity index (χ0n) is 13.3. The lowest BCUT2D eigenvalue weighted by molar-refractivity contribution is -0.139. The van der Waals surface area contributed by atoms with Gasteiger partial charge >= 0.3 is 0 Å². The average Bonchev–Trinajstić information content (AvgIpc) is 3.29. The summed E-state index contributed by atoms with van der Waals surface area (Å²) >= 11 is 1.56. The Morgan fingerprint density at radius 1 is 1.33 bits per heavy atom. The standard InChI is InChI=1S/C16H20N4O3S/c21-9-16(2-3-16)15(23)20-5-4-19(7-11(22)8-20)13-12-1-6-24-14(12)18-10-17-13/h1,6,10-11,21-22H,2-5,7-9H2/t11-/m1/s1. The van der Waals surface area contributed by atoms with Crippen LogP contribution in [0.4, 0.5) is 5.82 Å². The van der Waals surface area contributed by atoms with Crippen molar-refractivity contribution >= 4 is 33.3 Å². The number of aromatic nitrogens is 2. The van der Waals surface area contributed by atoms with Gasteiger partial charge in [0.1, 0.15) is 17.0 Å². The Labute approximate surface area is 143 Å². The summed E-state index contributed by atoms with van der Waals surface area (Å²) in [5.74, 6) is 0.771. The van der Waals surface area contributed by atoms with Gasteiger partial charge in [0, 0.05) is 26.2 Å².